The Labute approximate surface area is 94.7 Å². The Morgan fingerprint density at radius 2 is 1.94 bits per heavy atom. The molecular weight excluding hydrogens is 241 g/mol. The normalized spacial score (nSPS) is 14.1. The molecule has 0 aliphatic carbocycles. The predicted octanol–water partition coefficient (Wildman–Crippen LogP) is 3.59. The van der Waals surface area contributed by atoms with Gasteiger partial charge in [0, 0.05) is 4.88 Å². The van der Waals surface area contributed by atoms with Crippen molar-refractivity contribution < 1.29 is 23.1 Å². The van der Waals surface area contributed by atoms with E-state index >= 15 is 0 Å². The van der Waals surface area contributed by atoms with Gasteiger partial charge in [0.2, 0.25) is 0 Å². The molecule has 90 valence electrons. The van der Waals surface area contributed by atoms with E-state index in [0.29, 0.717) is 11.3 Å². The van der Waals surface area contributed by atoms with Crippen LogP contribution in [0.4, 0.5) is 13.2 Å². The zero-order valence-electron chi connectivity index (χ0n) is 8.71. The molecule has 1 N–H and O–H groups in total. The molecule has 6 heteroatoms. The molecule has 0 saturated carbocycles. The lowest BCUT2D eigenvalue weighted by Crippen LogP contribution is -2.16. The zero-order valence-corrected chi connectivity index (χ0v) is 9.52. The van der Waals surface area contributed by atoms with Crippen molar-refractivity contribution in [2.75, 3.05) is 0 Å². The summed E-state index contributed by atoms with van der Waals surface area (Å²) in [6.45, 7) is 3.34. The van der Waals surface area contributed by atoms with Gasteiger partial charge >= 0.3 is 12.1 Å². The van der Waals surface area contributed by atoms with Crippen LogP contribution in [0.1, 0.15) is 29.5 Å². The van der Waals surface area contributed by atoms with Crippen LogP contribution in [0.25, 0.3) is 0 Å². The fraction of sp³-hybridized carbons (Fsp3) is 0.500. The Kier molecular flexibility index (Phi) is 3.62. The van der Waals surface area contributed by atoms with Crippen molar-refractivity contribution in [1.29, 1.82) is 0 Å². The number of hydrogen-bond acceptors (Lipinski definition) is 2. The molecule has 0 spiro atoms. The van der Waals surface area contributed by atoms with Crippen LogP contribution in [0, 0.1) is 5.92 Å². The molecule has 0 amide bonds. The van der Waals surface area contributed by atoms with Gasteiger partial charge in [-0.3, -0.25) is 4.79 Å². The Hall–Kier alpha value is -1.04. The van der Waals surface area contributed by atoms with Crippen LogP contribution in [-0.4, -0.2) is 11.1 Å². The van der Waals surface area contributed by atoms with E-state index in [9.17, 15) is 18.0 Å². The Bertz CT molecular complexity index is 382. The van der Waals surface area contributed by atoms with E-state index in [1.165, 1.54) is 6.07 Å². The maximum Gasteiger partial charge on any atom is 0.425 e. The first-order valence-corrected chi connectivity index (χ1v) is 5.45. The second kappa shape index (κ2) is 4.45. The van der Waals surface area contributed by atoms with Gasteiger partial charge in [-0.05, 0) is 18.1 Å². The van der Waals surface area contributed by atoms with E-state index in [-0.39, 0.29) is 10.8 Å². The molecule has 1 rings (SSSR count). The smallest absolute Gasteiger partial charge is 0.425 e. The first-order valence-electron chi connectivity index (χ1n) is 4.63. The average molecular weight is 252 g/mol. The summed E-state index contributed by atoms with van der Waals surface area (Å²) in [5, 5.41) is 8.93. The molecule has 0 radical (unpaired) electrons. The minimum atomic E-state index is -4.40. The Morgan fingerprint density at radius 1 is 1.38 bits per heavy atom. The van der Waals surface area contributed by atoms with E-state index in [0.717, 1.165) is 6.07 Å². The van der Waals surface area contributed by atoms with E-state index in [1.54, 1.807) is 13.8 Å². The second-order valence-electron chi connectivity index (χ2n) is 3.76. The molecule has 1 heterocycles. The number of carbonyl (C=O) groups is 1. The van der Waals surface area contributed by atoms with Crippen molar-refractivity contribution in [2.24, 2.45) is 5.92 Å². The highest BCUT2D eigenvalue weighted by Crippen LogP contribution is 2.38. The molecule has 16 heavy (non-hydrogen) atoms. The van der Waals surface area contributed by atoms with Crippen molar-refractivity contribution in [2.45, 2.75) is 25.9 Å². The predicted molar refractivity (Wildman–Crippen MR) is 54.5 cm³/mol. The molecule has 2 nitrogen and oxygen atoms in total. The van der Waals surface area contributed by atoms with E-state index in [4.69, 9.17) is 5.11 Å². The second-order valence-corrected chi connectivity index (χ2v) is 4.88. The van der Waals surface area contributed by atoms with Crippen molar-refractivity contribution in [3.63, 3.8) is 0 Å². The number of halogens is 3. The summed E-state index contributed by atoms with van der Waals surface area (Å²) in [6.07, 6.45) is -4.40. The third-order valence-corrected chi connectivity index (χ3v) is 3.36. The van der Waals surface area contributed by atoms with Crippen molar-refractivity contribution >= 4 is 17.3 Å². The van der Waals surface area contributed by atoms with Crippen LogP contribution in [0.3, 0.4) is 0 Å². The standard InChI is InChI=1S/C10H11F3O2S/c1-5(2)8(9(14)15)6-3-4-7(16-6)10(11,12)13/h3-5,8H,1-2H3,(H,14,15). The lowest BCUT2D eigenvalue weighted by molar-refractivity contribution is -0.140. The largest absolute Gasteiger partial charge is 0.481 e. The van der Waals surface area contributed by atoms with Gasteiger partial charge in [-0.15, -0.1) is 11.3 Å². The summed E-state index contributed by atoms with van der Waals surface area (Å²) in [5.41, 5.74) is 0. The highest BCUT2D eigenvalue weighted by molar-refractivity contribution is 7.12. The van der Waals surface area contributed by atoms with Gasteiger partial charge in [-0.1, -0.05) is 13.8 Å². The summed E-state index contributed by atoms with van der Waals surface area (Å²) in [5.74, 6) is -2.20. The molecular formula is C10H11F3O2S. The summed E-state index contributed by atoms with van der Waals surface area (Å²) in [7, 11) is 0. The highest BCUT2D eigenvalue weighted by atomic mass is 32.1. The molecule has 0 aromatic carbocycles. The number of hydrogen-bond donors (Lipinski definition) is 1. The quantitative estimate of drug-likeness (QED) is 0.892. The van der Waals surface area contributed by atoms with Crippen LogP contribution in [-0.2, 0) is 11.0 Å². The first kappa shape index (κ1) is 13.0. The summed E-state index contributed by atoms with van der Waals surface area (Å²) >= 11 is 0.499. The zero-order chi connectivity index (χ0) is 12.5. The van der Waals surface area contributed by atoms with Crippen molar-refractivity contribution in [1.82, 2.24) is 0 Å². The van der Waals surface area contributed by atoms with E-state index < -0.39 is 22.9 Å². The van der Waals surface area contributed by atoms with Crippen LogP contribution in [0.2, 0.25) is 0 Å². The van der Waals surface area contributed by atoms with Gasteiger partial charge in [-0.25, -0.2) is 0 Å². The molecule has 0 aliphatic rings. The van der Waals surface area contributed by atoms with Gasteiger partial charge in [-0.2, -0.15) is 13.2 Å². The molecule has 1 atom stereocenters. The molecule has 1 unspecified atom stereocenters. The van der Waals surface area contributed by atoms with Gasteiger partial charge in [0.15, 0.2) is 0 Å². The number of alkyl halides is 3. The van der Waals surface area contributed by atoms with Crippen LogP contribution in [0.15, 0.2) is 12.1 Å². The number of carboxylic acid groups (broad SMARTS) is 1. The molecule has 0 fully saturated rings. The fourth-order valence-electron chi connectivity index (χ4n) is 1.41. The monoisotopic (exact) mass is 252 g/mol. The number of rotatable bonds is 3. The highest BCUT2D eigenvalue weighted by Gasteiger charge is 2.34. The minimum Gasteiger partial charge on any atom is -0.481 e. The van der Waals surface area contributed by atoms with E-state index in [1.807, 2.05) is 0 Å². The van der Waals surface area contributed by atoms with Crippen LogP contribution < -0.4 is 0 Å². The third kappa shape index (κ3) is 2.75. The molecule has 0 bridgehead atoms. The van der Waals surface area contributed by atoms with Gasteiger partial charge < -0.3 is 5.11 Å². The SMILES string of the molecule is CC(C)C(C(=O)O)c1ccc(C(F)(F)F)s1. The topological polar surface area (TPSA) is 37.3 Å². The Balaban J connectivity index is 3.04. The molecule has 0 saturated heterocycles. The van der Waals surface area contributed by atoms with Gasteiger partial charge in [0.1, 0.15) is 4.88 Å². The molecule has 1 aromatic rings. The number of carboxylic acids is 1. The maximum absolute atomic E-state index is 12.3. The number of thiophene rings is 1. The van der Waals surface area contributed by atoms with Gasteiger partial charge in [0.05, 0.1) is 5.92 Å². The van der Waals surface area contributed by atoms with Crippen LogP contribution >= 0.6 is 11.3 Å². The lowest BCUT2D eigenvalue weighted by atomic mass is 9.94. The lowest BCUT2D eigenvalue weighted by Gasteiger charge is -2.13. The Morgan fingerprint density at radius 3 is 2.25 bits per heavy atom. The van der Waals surface area contributed by atoms with E-state index in [2.05, 4.69) is 0 Å². The molecule has 0 aliphatic heterocycles. The molecule has 1 aromatic heterocycles. The average Bonchev–Trinajstić information content (AvgIpc) is 2.50. The summed E-state index contributed by atoms with van der Waals surface area (Å²) in [4.78, 5) is 10.4. The first-order chi connectivity index (χ1) is 7.23. The maximum atomic E-state index is 12.3. The summed E-state index contributed by atoms with van der Waals surface area (Å²) in [6, 6.07) is 2.17. The summed E-state index contributed by atoms with van der Waals surface area (Å²) < 4.78 is 37.0. The van der Waals surface area contributed by atoms with Crippen molar-refractivity contribution in [3.8, 4) is 0 Å². The van der Waals surface area contributed by atoms with Crippen molar-refractivity contribution in [3.05, 3.63) is 21.9 Å². The minimum absolute atomic E-state index is 0.239. The number of aliphatic carboxylic acids is 1. The van der Waals surface area contributed by atoms with Gasteiger partial charge in [0.25, 0.3) is 0 Å². The third-order valence-electron chi connectivity index (χ3n) is 2.15. The van der Waals surface area contributed by atoms with Crippen LogP contribution in [0.5, 0.6) is 0 Å². The fourth-order valence-corrected chi connectivity index (χ4v) is 2.55.